The van der Waals surface area contributed by atoms with Crippen LogP contribution in [0.4, 0.5) is 0 Å². The van der Waals surface area contributed by atoms with E-state index in [2.05, 4.69) is 22.0 Å². The Morgan fingerprint density at radius 2 is 2.00 bits per heavy atom. The SMILES string of the molecule is COc1ccc(Cn2c(=O)n3nc[nH+]c3c3ccc(CN(C)C4CC4)nc32)cc1. The van der Waals surface area contributed by atoms with Crippen LogP contribution in [0.1, 0.15) is 24.1 Å². The minimum Gasteiger partial charge on any atom is -0.497 e. The number of pyridine rings is 1. The van der Waals surface area contributed by atoms with Crippen molar-refractivity contribution in [1.82, 2.24) is 24.1 Å². The number of nitrogens with one attached hydrogen (secondary N) is 1. The van der Waals surface area contributed by atoms with Gasteiger partial charge in [-0.3, -0.25) is 9.47 Å². The number of benzene rings is 1. The molecule has 4 aromatic rings. The van der Waals surface area contributed by atoms with Crippen molar-refractivity contribution in [2.75, 3.05) is 14.2 Å². The van der Waals surface area contributed by atoms with Crippen LogP contribution in [0.5, 0.6) is 5.75 Å². The van der Waals surface area contributed by atoms with E-state index in [1.165, 1.54) is 23.7 Å². The van der Waals surface area contributed by atoms with Crippen molar-refractivity contribution < 1.29 is 9.72 Å². The maximum atomic E-state index is 13.2. The lowest BCUT2D eigenvalue weighted by Gasteiger charge is -2.16. The molecule has 1 aliphatic carbocycles. The second kappa shape index (κ2) is 6.97. The highest BCUT2D eigenvalue weighted by Gasteiger charge is 2.26. The van der Waals surface area contributed by atoms with Crippen LogP contribution < -0.4 is 15.4 Å². The predicted molar refractivity (Wildman–Crippen MR) is 108 cm³/mol. The van der Waals surface area contributed by atoms with Gasteiger partial charge in [-0.05, 0) is 54.2 Å². The lowest BCUT2D eigenvalue weighted by atomic mass is 10.2. The van der Waals surface area contributed by atoms with Crippen molar-refractivity contribution in [3.8, 4) is 5.75 Å². The molecule has 148 valence electrons. The molecular formula is C21H23N6O2+. The quantitative estimate of drug-likeness (QED) is 0.498. The number of ether oxygens (including phenoxy) is 1. The molecule has 1 saturated carbocycles. The molecule has 1 aliphatic rings. The summed E-state index contributed by atoms with van der Waals surface area (Å²) >= 11 is 0. The Morgan fingerprint density at radius 3 is 2.72 bits per heavy atom. The number of hydrogen-bond donors (Lipinski definition) is 0. The van der Waals surface area contributed by atoms with Gasteiger partial charge >= 0.3 is 5.69 Å². The Bertz CT molecular complexity index is 1240. The van der Waals surface area contributed by atoms with E-state index in [0.717, 1.165) is 28.9 Å². The zero-order valence-electron chi connectivity index (χ0n) is 16.5. The first-order chi connectivity index (χ1) is 14.1. The number of rotatable bonds is 6. The summed E-state index contributed by atoms with van der Waals surface area (Å²) in [5.74, 6) is 0.784. The standard InChI is InChI=1S/C21H22N6O2/c1-25(16-6-7-16)12-15-5-10-18-19-22-13-23-27(19)21(28)26(20(18)24-15)11-14-3-8-17(29-2)9-4-14/h3-5,8-10,13,16H,6-7,11-12H2,1-2H3/p+1. The van der Waals surface area contributed by atoms with Crippen LogP contribution in [0.2, 0.25) is 0 Å². The number of fused-ring (bicyclic) bond motifs is 3. The van der Waals surface area contributed by atoms with E-state index in [1.54, 1.807) is 11.7 Å². The Hall–Kier alpha value is -3.26. The first-order valence-electron chi connectivity index (χ1n) is 9.75. The second-order valence-corrected chi connectivity index (χ2v) is 7.59. The van der Waals surface area contributed by atoms with Gasteiger partial charge in [0.05, 0.1) is 24.7 Å². The van der Waals surface area contributed by atoms with Gasteiger partial charge in [0.15, 0.2) is 5.65 Å². The molecule has 0 aliphatic heterocycles. The Kier molecular flexibility index (Phi) is 4.28. The number of H-pyrrole nitrogens is 1. The van der Waals surface area contributed by atoms with Crippen LogP contribution in [-0.4, -0.2) is 44.3 Å². The van der Waals surface area contributed by atoms with Crippen LogP contribution in [-0.2, 0) is 13.1 Å². The molecule has 0 atom stereocenters. The normalized spacial score (nSPS) is 14.2. The molecule has 5 rings (SSSR count). The van der Waals surface area contributed by atoms with Gasteiger partial charge < -0.3 is 4.74 Å². The van der Waals surface area contributed by atoms with Crippen molar-refractivity contribution in [1.29, 1.82) is 0 Å². The fourth-order valence-electron chi connectivity index (χ4n) is 3.73. The average molecular weight is 391 g/mol. The van der Waals surface area contributed by atoms with Crippen LogP contribution in [0.15, 0.2) is 47.5 Å². The summed E-state index contributed by atoms with van der Waals surface area (Å²) < 4.78 is 8.31. The van der Waals surface area contributed by atoms with Crippen LogP contribution in [0, 0.1) is 0 Å². The first-order valence-corrected chi connectivity index (χ1v) is 9.75. The van der Waals surface area contributed by atoms with E-state index in [-0.39, 0.29) is 5.69 Å². The van der Waals surface area contributed by atoms with Gasteiger partial charge in [-0.15, -0.1) is 0 Å². The summed E-state index contributed by atoms with van der Waals surface area (Å²) in [7, 11) is 3.77. The van der Waals surface area contributed by atoms with Crippen LogP contribution in [0.3, 0.4) is 0 Å². The van der Waals surface area contributed by atoms with Crippen molar-refractivity contribution in [2.45, 2.75) is 32.0 Å². The zero-order chi connectivity index (χ0) is 20.0. The molecule has 0 saturated heterocycles. The lowest BCUT2D eigenvalue weighted by Crippen LogP contribution is -2.30. The topological polar surface area (TPSA) is 78.8 Å². The summed E-state index contributed by atoms with van der Waals surface area (Å²) in [4.78, 5) is 23.4. The average Bonchev–Trinajstić information content (AvgIpc) is 3.48. The van der Waals surface area contributed by atoms with E-state index in [0.29, 0.717) is 23.9 Å². The fraction of sp³-hybridized carbons (Fsp3) is 0.333. The molecule has 1 fully saturated rings. The van der Waals surface area contributed by atoms with E-state index in [9.17, 15) is 4.79 Å². The highest BCUT2D eigenvalue weighted by molar-refractivity contribution is 5.87. The van der Waals surface area contributed by atoms with Crippen LogP contribution >= 0.6 is 0 Å². The Balaban J connectivity index is 1.63. The van der Waals surface area contributed by atoms with Crippen LogP contribution in [0.25, 0.3) is 16.7 Å². The second-order valence-electron chi connectivity index (χ2n) is 7.59. The van der Waals surface area contributed by atoms with Gasteiger partial charge in [0.25, 0.3) is 12.0 Å². The number of methoxy groups -OCH3 is 1. The van der Waals surface area contributed by atoms with E-state index in [1.807, 2.05) is 36.4 Å². The molecule has 0 bridgehead atoms. The summed E-state index contributed by atoms with van der Waals surface area (Å²) in [5.41, 5.74) is 3.05. The summed E-state index contributed by atoms with van der Waals surface area (Å²) in [6.45, 7) is 1.18. The maximum absolute atomic E-state index is 13.2. The van der Waals surface area contributed by atoms with Gasteiger partial charge in [0, 0.05) is 17.7 Å². The van der Waals surface area contributed by atoms with Gasteiger partial charge in [-0.25, -0.2) is 14.8 Å². The molecule has 3 heterocycles. The summed E-state index contributed by atoms with van der Waals surface area (Å²) in [6, 6.07) is 12.4. The number of nitrogens with zero attached hydrogens (tertiary/aromatic N) is 5. The van der Waals surface area contributed by atoms with Crippen molar-refractivity contribution in [2.24, 2.45) is 0 Å². The molecule has 0 unspecified atom stereocenters. The molecule has 8 nitrogen and oxygen atoms in total. The lowest BCUT2D eigenvalue weighted by molar-refractivity contribution is -0.345. The number of aromatic nitrogens is 5. The van der Waals surface area contributed by atoms with Gasteiger partial charge in [-0.1, -0.05) is 12.1 Å². The third-order valence-electron chi connectivity index (χ3n) is 5.52. The van der Waals surface area contributed by atoms with Crippen molar-refractivity contribution in [3.63, 3.8) is 0 Å². The van der Waals surface area contributed by atoms with E-state index in [4.69, 9.17) is 9.72 Å². The molecule has 0 amide bonds. The number of aromatic amines is 1. The molecule has 1 N–H and O–H groups in total. The number of hydrogen-bond acceptors (Lipinski definition) is 5. The Morgan fingerprint density at radius 1 is 1.21 bits per heavy atom. The molecule has 0 radical (unpaired) electrons. The van der Waals surface area contributed by atoms with Gasteiger partial charge in [0.2, 0.25) is 0 Å². The molecule has 8 heteroatoms. The monoisotopic (exact) mass is 391 g/mol. The minimum absolute atomic E-state index is 0.218. The van der Waals surface area contributed by atoms with Gasteiger partial charge in [-0.2, -0.15) is 0 Å². The van der Waals surface area contributed by atoms with Gasteiger partial charge in [0.1, 0.15) is 5.75 Å². The van der Waals surface area contributed by atoms with Crippen molar-refractivity contribution >= 4 is 16.7 Å². The zero-order valence-corrected chi connectivity index (χ0v) is 16.5. The van der Waals surface area contributed by atoms with Crippen molar-refractivity contribution in [3.05, 3.63) is 64.5 Å². The molecule has 0 spiro atoms. The fourth-order valence-corrected chi connectivity index (χ4v) is 3.73. The van der Waals surface area contributed by atoms with E-state index >= 15 is 0 Å². The highest BCUT2D eigenvalue weighted by Crippen LogP contribution is 2.26. The largest absolute Gasteiger partial charge is 0.497 e. The molecular weight excluding hydrogens is 368 g/mol. The summed E-state index contributed by atoms with van der Waals surface area (Å²) in [5, 5.41) is 5.04. The third-order valence-corrected chi connectivity index (χ3v) is 5.52. The smallest absolute Gasteiger partial charge is 0.425 e. The highest BCUT2D eigenvalue weighted by atomic mass is 16.5. The molecule has 3 aromatic heterocycles. The van der Waals surface area contributed by atoms with E-state index < -0.39 is 0 Å². The molecule has 1 aromatic carbocycles. The molecule has 29 heavy (non-hydrogen) atoms. The minimum atomic E-state index is -0.218. The first kappa shape index (κ1) is 17.8. The summed E-state index contributed by atoms with van der Waals surface area (Å²) in [6.07, 6.45) is 4.03. The maximum Gasteiger partial charge on any atom is 0.425 e. The predicted octanol–water partition coefficient (Wildman–Crippen LogP) is 1.51. The third kappa shape index (κ3) is 3.25. The Labute approximate surface area is 167 Å².